The smallest absolute Gasteiger partial charge is 0.313 e. The molecule has 1 saturated carbocycles. The van der Waals surface area contributed by atoms with Gasteiger partial charge >= 0.3 is 5.69 Å². The van der Waals surface area contributed by atoms with Gasteiger partial charge in [0.2, 0.25) is 0 Å². The molecule has 1 heterocycles. The summed E-state index contributed by atoms with van der Waals surface area (Å²) < 4.78 is 1.79. The van der Waals surface area contributed by atoms with Crippen molar-refractivity contribution in [2.45, 2.75) is 39.2 Å². The van der Waals surface area contributed by atoms with E-state index in [1.54, 1.807) is 10.8 Å². The molecule has 1 aliphatic carbocycles. The first-order valence-corrected chi connectivity index (χ1v) is 5.49. The molecule has 2 rings (SSSR count). The molecule has 3 heteroatoms. The molecule has 0 spiro atoms. The molecule has 0 radical (unpaired) electrons. The van der Waals surface area contributed by atoms with Crippen molar-refractivity contribution in [1.29, 1.82) is 0 Å². The zero-order chi connectivity index (χ0) is 9.97. The summed E-state index contributed by atoms with van der Waals surface area (Å²) in [5.74, 6) is 1.54. The standard InChI is InChI=1S/C11H18N2O/c1-9-3-2-4-10(7-9)8-13-6-5-12-11(13)14/h5-6,9-10H,2-4,7-8H2,1H3,(H,12,14). The molecule has 0 amide bonds. The Hall–Kier alpha value is -0.990. The monoisotopic (exact) mass is 194 g/mol. The molecular formula is C11H18N2O. The average Bonchev–Trinajstić information content (AvgIpc) is 2.52. The fourth-order valence-electron chi connectivity index (χ4n) is 2.50. The first-order valence-electron chi connectivity index (χ1n) is 5.49. The Bertz CT molecular complexity index is 339. The number of hydrogen-bond acceptors (Lipinski definition) is 1. The summed E-state index contributed by atoms with van der Waals surface area (Å²) in [6, 6.07) is 0. The zero-order valence-electron chi connectivity index (χ0n) is 8.70. The third-order valence-corrected chi connectivity index (χ3v) is 3.22. The van der Waals surface area contributed by atoms with Crippen LogP contribution in [0.1, 0.15) is 32.6 Å². The molecule has 1 aliphatic rings. The second-order valence-corrected chi connectivity index (χ2v) is 4.56. The van der Waals surface area contributed by atoms with Crippen LogP contribution in [0.15, 0.2) is 17.2 Å². The summed E-state index contributed by atoms with van der Waals surface area (Å²) in [7, 11) is 0. The highest BCUT2D eigenvalue weighted by atomic mass is 16.1. The third kappa shape index (κ3) is 2.08. The molecule has 2 unspecified atom stereocenters. The second kappa shape index (κ2) is 4.03. The van der Waals surface area contributed by atoms with E-state index < -0.39 is 0 Å². The third-order valence-electron chi connectivity index (χ3n) is 3.22. The van der Waals surface area contributed by atoms with Crippen LogP contribution in [-0.2, 0) is 6.54 Å². The fraction of sp³-hybridized carbons (Fsp3) is 0.727. The topological polar surface area (TPSA) is 37.8 Å². The molecule has 2 atom stereocenters. The van der Waals surface area contributed by atoms with Gasteiger partial charge in [0.15, 0.2) is 0 Å². The molecule has 1 fully saturated rings. The van der Waals surface area contributed by atoms with Gasteiger partial charge in [0, 0.05) is 18.9 Å². The number of H-pyrrole nitrogens is 1. The fourth-order valence-corrected chi connectivity index (χ4v) is 2.50. The molecule has 14 heavy (non-hydrogen) atoms. The minimum atomic E-state index is 0.0308. The lowest BCUT2D eigenvalue weighted by molar-refractivity contribution is 0.255. The normalized spacial score (nSPS) is 27.8. The van der Waals surface area contributed by atoms with Crippen molar-refractivity contribution < 1.29 is 0 Å². The molecule has 1 aromatic heterocycles. The largest absolute Gasteiger partial charge is 0.325 e. The quantitative estimate of drug-likeness (QED) is 0.768. The lowest BCUT2D eigenvalue weighted by atomic mass is 9.82. The van der Waals surface area contributed by atoms with E-state index in [2.05, 4.69) is 11.9 Å². The molecule has 1 N–H and O–H groups in total. The molecule has 1 aromatic rings. The number of aromatic nitrogens is 2. The van der Waals surface area contributed by atoms with Gasteiger partial charge in [-0.25, -0.2) is 4.79 Å². The van der Waals surface area contributed by atoms with Crippen LogP contribution in [-0.4, -0.2) is 9.55 Å². The number of hydrogen-bond donors (Lipinski definition) is 1. The van der Waals surface area contributed by atoms with Crippen molar-refractivity contribution >= 4 is 0 Å². The molecule has 0 saturated heterocycles. The van der Waals surface area contributed by atoms with Crippen LogP contribution in [0.4, 0.5) is 0 Å². The Morgan fingerprint density at radius 1 is 1.57 bits per heavy atom. The van der Waals surface area contributed by atoms with Crippen LogP contribution in [0, 0.1) is 11.8 Å². The lowest BCUT2D eigenvalue weighted by Crippen LogP contribution is -2.24. The predicted octanol–water partition coefficient (Wildman–Crippen LogP) is 2.00. The summed E-state index contributed by atoms with van der Waals surface area (Å²) in [4.78, 5) is 14.0. The molecule has 3 nitrogen and oxygen atoms in total. The molecule has 78 valence electrons. The van der Waals surface area contributed by atoms with E-state index in [-0.39, 0.29) is 5.69 Å². The van der Waals surface area contributed by atoms with E-state index in [0.717, 1.165) is 12.5 Å². The Morgan fingerprint density at radius 2 is 2.43 bits per heavy atom. The van der Waals surface area contributed by atoms with Crippen molar-refractivity contribution in [3.63, 3.8) is 0 Å². The van der Waals surface area contributed by atoms with E-state index >= 15 is 0 Å². The number of imidazole rings is 1. The first kappa shape index (κ1) is 9.56. The van der Waals surface area contributed by atoms with Gasteiger partial charge in [-0.15, -0.1) is 0 Å². The second-order valence-electron chi connectivity index (χ2n) is 4.56. The maximum absolute atomic E-state index is 11.3. The van der Waals surface area contributed by atoms with Gasteiger partial charge in [-0.05, 0) is 24.7 Å². The molecule has 0 aliphatic heterocycles. The highest BCUT2D eigenvalue weighted by Gasteiger charge is 2.19. The van der Waals surface area contributed by atoms with E-state index in [9.17, 15) is 4.79 Å². The summed E-state index contributed by atoms with van der Waals surface area (Å²) in [5.41, 5.74) is 0.0308. The summed E-state index contributed by atoms with van der Waals surface area (Å²) in [6.07, 6.45) is 8.80. The van der Waals surface area contributed by atoms with E-state index in [4.69, 9.17) is 0 Å². The van der Waals surface area contributed by atoms with Crippen LogP contribution in [0.5, 0.6) is 0 Å². The Kier molecular flexibility index (Phi) is 2.75. The van der Waals surface area contributed by atoms with Gasteiger partial charge in [-0.3, -0.25) is 4.57 Å². The van der Waals surface area contributed by atoms with Crippen LogP contribution >= 0.6 is 0 Å². The first-order chi connectivity index (χ1) is 6.75. The Morgan fingerprint density at radius 3 is 3.07 bits per heavy atom. The highest BCUT2D eigenvalue weighted by Crippen LogP contribution is 2.29. The highest BCUT2D eigenvalue weighted by molar-refractivity contribution is 4.79. The molecule has 0 bridgehead atoms. The van der Waals surface area contributed by atoms with Crippen LogP contribution in [0.3, 0.4) is 0 Å². The molecule has 0 aromatic carbocycles. The predicted molar refractivity (Wildman–Crippen MR) is 56.2 cm³/mol. The van der Waals surface area contributed by atoms with Crippen molar-refractivity contribution in [2.75, 3.05) is 0 Å². The van der Waals surface area contributed by atoms with E-state index in [0.29, 0.717) is 5.92 Å². The van der Waals surface area contributed by atoms with Crippen LogP contribution in [0.2, 0.25) is 0 Å². The zero-order valence-corrected chi connectivity index (χ0v) is 8.70. The number of aromatic amines is 1. The van der Waals surface area contributed by atoms with Crippen molar-refractivity contribution in [2.24, 2.45) is 11.8 Å². The molecular weight excluding hydrogens is 176 g/mol. The number of nitrogens with one attached hydrogen (secondary N) is 1. The minimum Gasteiger partial charge on any atom is -0.313 e. The maximum Gasteiger partial charge on any atom is 0.325 e. The average molecular weight is 194 g/mol. The lowest BCUT2D eigenvalue weighted by Gasteiger charge is -2.26. The number of nitrogens with zero attached hydrogens (tertiary/aromatic N) is 1. The van der Waals surface area contributed by atoms with Gasteiger partial charge in [0.05, 0.1) is 0 Å². The summed E-state index contributed by atoms with van der Waals surface area (Å²) in [6.45, 7) is 3.21. The van der Waals surface area contributed by atoms with Gasteiger partial charge in [-0.2, -0.15) is 0 Å². The Balaban J connectivity index is 1.97. The van der Waals surface area contributed by atoms with E-state index in [1.807, 2.05) is 6.20 Å². The Labute approximate surface area is 84.1 Å². The van der Waals surface area contributed by atoms with Gasteiger partial charge < -0.3 is 4.98 Å². The minimum absolute atomic E-state index is 0.0308. The van der Waals surface area contributed by atoms with Gasteiger partial charge in [0.1, 0.15) is 0 Å². The van der Waals surface area contributed by atoms with Crippen molar-refractivity contribution in [3.8, 4) is 0 Å². The van der Waals surface area contributed by atoms with Crippen LogP contribution < -0.4 is 5.69 Å². The summed E-state index contributed by atoms with van der Waals surface area (Å²) in [5, 5.41) is 0. The van der Waals surface area contributed by atoms with Crippen molar-refractivity contribution in [3.05, 3.63) is 22.9 Å². The van der Waals surface area contributed by atoms with Gasteiger partial charge in [0.25, 0.3) is 0 Å². The van der Waals surface area contributed by atoms with Crippen LogP contribution in [0.25, 0.3) is 0 Å². The van der Waals surface area contributed by atoms with Crippen molar-refractivity contribution in [1.82, 2.24) is 9.55 Å². The van der Waals surface area contributed by atoms with Gasteiger partial charge in [-0.1, -0.05) is 19.8 Å². The number of rotatable bonds is 2. The SMILES string of the molecule is CC1CCCC(Cn2cc[nH]c2=O)C1. The summed E-state index contributed by atoms with van der Waals surface area (Å²) >= 11 is 0. The van der Waals surface area contributed by atoms with E-state index in [1.165, 1.54) is 25.7 Å². The maximum atomic E-state index is 11.3.